The minimum absolute atomic E-state index is 0.0199. The molecule has 1 amide bonds. The number of nitrogens with zero attached hydrogens (tertiary/aromatic N) is 2. The van der Waals surface area contributed by atoms with Crippen molar-refractivity contribution in [3.05, 3.63) is 65.4 Å². The SMILES string of the molecule is CCCOc1cccc([C@H]2c3c(-c4ccccc4O)n[nH]c3C(=O)N2C[C@@H]2CCCO2)c1. The molecule has 0 aliphatic carbocycles. The van der Waals surface area contributed by atoms with Gasteiger partial charge in [-0.15, -0.1) is 0 Å². The summed E-state index contributed by atoms with van der Waals surface area (Å²) < 4.78 is 11.7. The van der Waals surface area contributed by atoms with Crippen molar-refractivity contribution in [2.24, 2.45) is 0 Å². The van der Waals surface area contributed by atoms with Gasteiger partial charge in [-0.2, -0.15) is 5.10 Å². The number of carbonyl (C=O) groups excluding carboxylic acids is 1. The monoisotopic (exact) mass is 433 g/mol. The number of rotatable bonds is 7. The summed E-state index contributed by atoms with van der Waals surface area (Å²) in [6.45, 7) is 3.94. The van der Waals surface area contributed by atoms with Gasteiger partial charge in [0.2, 0.25) is 0 Å². The van der Waals surface area contributed by atoms with Crippen LogP contribution in [0.1, 0.15) is 53.8 Å². The summed E-state index contributed by atoms with van der Waals surface area (Å²) in [5.74, 6) is 0.801. The Bertz CT molecular complexity index is 1120. The number of aromatic hydroxyl groups is 1. The van der Waals surface area contributed by atoms with Crippen LogP contribution >= 0.6 is 0 Å². The summed E-state index contributed by atoms with van der Waals surface area (Å²) in [5.41, 5.74) is 3.38. The van der Waals surface area contributed by atoms with Crippen LogP contribution in [0.4, 0.5) is 0 Å². The fourth-order valence-corrected chi connectivity index (χ4v) is 4.61. The molecule has 0 radical (unpaired) electrons. The van der Waals surface area contributed by atoms with Gasteiger partial charge in [0.15, 0.2) is 0 Å². The second kappa shape index (κ2) is 8.67. The van der Waals surface area contributed by atoms with Gasteiger partial charge in [-0.05, 0) is 49.1 Å². The zero-order chi connectivity index (χ0) is 22.1. The summed E-state index contributed by atoms with van der Waals surface area (Å²) in [4.78, 5) is 15.3. The molecule has 7 heteroatoms. The number of aromatic nitrogens is 2. The number of nitrogens with one attached hydrogen (secondary N) is 1. The van der Waals surface area contributed by atoms with Crippen molar-refractivity contribution >= 4 is 5.91 Å². The first-order chi connectivity index (χ1) is 15.7. The topological polar surface area (TPSA) is 87.7 Å². The summed E-state index contributed by atoms with van der Waals surface area (Å²) in [7, 11) is 0. The van der Waals surface area contributed by atoms with Crippen molar-refractivity contribution in [2.45, 2.75) is 38.3 Å². The molecule has 1 saturated heterocycles. The van der Waals surface area contributed by atoms with Crippen LogP contribution in [-0.2, 0) is 4.74 Å². The fourth-order valence-electron chi connectivity index (χ4n) is 4.61. The molecule has 0 spiro atoms. The number of ether oxygens (including phenoxy) is 2. The van der Waals surface area contributed by atoms with Gasteiger partial charge in [0.05, 0.1) is 18.8 Å². The van der Waals surface area contributed by atoms with Crippen molar-refractivity contribution in [3.8, 4) is 22.8 Å². The number of carbonyl (C=O) groups is 1. The Morgan fingerprint density at radius 1 is 1.25 bits per heavy atom. The third-order valence-electron chi connectivity index (χ3n) is 6.09. The Morgan fingerprint density at radius 2 is 2.12 bits per heavy atom. The van der Waals surface area contributed by atoms with Crippen LogP contribution in [0.5, 0.6) is 11.5 Å². The van der Waals surface area contributed by atoms with E-state index in [9.17, 15) is 9.90 Å². The maximum absolute atomic E-state index is 13.5. The zero-order valence-corrected chi connectivity index (χ0v) is 18.1. The Kier molecular flexibility index (Phi) is 5.57. The lowest BCUT2D eigenvalue weighted by molar-refractivity contribution is 0.0495. The molecule has 5 rings (SSSR count). The molecular formula is C25H27N3O4. The molecule has 166 valence electrons. The molecule has 0 unspecified atom stereocenters. The lowest BCUT2D eigenvalue weighted by atomic mass is 9.95. The minimum atomic E-state index is -0.347. The van der Waals surface area contributed by atoms with Crippen LogP contribution in [0, 0.1) is 0 Å². The number of hydrogen-bond acceptors (Lipinski definition) is 5. The highest BCUT2D eigenvalue weighted by molar-refractivity contribution is 6.00. The van der Waals surface area contributed by atoms with Gasteiger partial charge in [0.25, 0.3) is 5.91 Å². The highest BCUT2D eigenvalue weighted by Crippen LogP contribution is 2.45. The van der Waals surface area contributed by atoms with Crippen LogP contribution < -0.4 is 4.74 Å². The van der Waals surface area contributed by atoms with E-state index in [-0.39, 0.29) is 23.8 Å². The number of phenols is 1. The van der Waals surface area contributed by atoms with Crippen molar-refractivity contribution in [1.29, 1.82) is 0 Å². The maximum Gasteiger partial charge on any atom is 0.273 e. The van der Waals surface area contributed by atoms with E-state index in [2.05, 4.69) is 17.1 Å². The highest BCUT2D eigenvalue weighted by atomic mass is 16.5. The molecule has 7 nitrogen and oxygen atoms in total. The molecule has 0 bridgehead atoms. The molecule has 1 fully saturated rings. The number of H-pyrrole nitrogens is 1. The van der Waals surface area contributed by atoms with E-state index in [1.165, 1.54) is 0 Å². The smallest absolute Gasteiger partial charge is 0.273 e. The first kappa shape index (κ1) is 20.6. The molecule has 3 heterocycles. The normalized spacial score (nSPS) is 20.0. The fraction of sp³-hybridized carbons (Fsp3) is 0.360. The molecule has 2 atom stereocenters. The number of amides is 1. The quantitative estimate of drug-likeness (QED) is 0.580. The summed E-state index contributed by atoms with van der Waals surface area (Å²) in [5, 5.41) is 17.9. The standard InChI is InChI=1S/C25H27N3O4/c1-2-12-31-17-8-5-7-16(14-17)24-21-22(19-10-3-4-11-20(19)29)26-27-23(21)25(30)28(24)15-18-9-6-13-32-18/h3-5,7-8,10-11,14,18,24,29H,2,6,9,12-13,15H2,1H3,(H,26,27)/t18-,24-/m0/s1. The lowest BCUT2D eigenvalue weighted by Gasteiger charge is -2.28. The summed E-state index contributed by atoms with van der Waals surface area (Å²) in [6.07, 6.45) is 2.88. The predicted octanol–water partition coefficient (Wildman–Crippen LogP) is 4.30. The van der Waals surface area contributed by atoms with Gasteiger partial charge >= 0.3 is 0 Å². The molecule has 2 aliphatic heterocycles. The van der Waals surface area contributed by atoms with E-state index in [0.717, 1.165) is 42.7 Å². The molecule has 32 heavy (non-hydrogen) atoms. The minimum Gasteiger partial charge on any atom is -0.507 e. The number of fused-ring (bicyclic) bond motifs is 1. The van der Waals surface area contributed by atoms with Gasteiger partial charge in [0.1, 0.15) is 22.9 Å². The molecule has 3 aromatic rings. The van der Waals surface area contributed by atoms with Gasteiger partial charge < -0.3 is 19.5 Å². The number of hydrogen-bond donors (Lipinski definition) is 2. The number of phenolic OH excluding ortho intramolecular Hbond substituents is 1. The van der Waals surface area contributed by atoms with Crippen molar-refractivity contribution < 1.29 is 19.4 Å². The average molecular weight is 434 g/mol. The average Bonchev–Trinajstić information content (AvgIpc) is 3.53. The summed E-state index contributed by atoms with van der Waals surface area (Å²) >= 11 is 0. The number of para-hydroxylation sites is 1. The van der Waals surface area contributed by atoms with Crippen molar-refractivity contribution in [2.75, 3.05) is 19.8 Å². The molecular weight excluding hydrogens is 406 g/mol. The van der Waals surface area contributed by atoms with E-state index in [4.69, 9.17) is 9.47 Å². The second-order valence-corrected chi connectivity index (χ2v) is 8.29. The van der Waals surface area contributed by atoms with E-state index in [1.54, 1.807) is 12.1 Å². The largest absolute Gasteiger partial charge is 0.507 e. The van der Waals surface area contributed by atoms with Gasteiger partial charge in [0, 0.05) is 24.3 Å². The Balaban J connectivity index is 1.61. The second-order valence-electron chi connectivity index (χ2n) is 8.29. The van der Waals surface area contributed by atoms with Gasteiger partial charge in [-0.1, -0.05) is 31.2 Å². The van der Waals surface area contributed by atoms with Crippen LogP contribution in [0.3, 0.4) is 0 Å². The zero-order valence-electron chi connectivity index (χ0n) is 18.1. The van der Waals surface area contributed by atoms with Crippen LogP contribution in [-0.4, -0.2) is 52.0 Å². The van der Waals surface area contributed by atoms with Crippen LogP contribution in [0.15, 0.2) is 48.5 Å². The first-order valence-corrected chi connectivity index (χ1v) is 11.2. The predicted molar refractivity (Wildman–Crippen MR) is 120 cm³/mol. The highest BCUT2D eigenvalue weighted by Gasteiger charge is 2.43. The Morgan fingerprint density at radius 3 is 2.91 bits per heavy atom. The van der Waals surface area contributed by atoms with E-state index >= 15 is 0 Å². The third kappa shape index (κ3) is 3.62. The van der Waals surface area contributed by atoms with Crippen LogP contribution in [0.25, 0.3) is 11.3 Å². The Labute approximate surface area is 187 Å². The van der Waals surface area contributed by atoms with E-state index < -0.39 is 0 Å². The Hall–Kier alpha value is -3.32. The molecule has 1 aromatic heterocycles. The van der Waals surface area contributed by atoms with E-state index in [1.807, 2.05) is 41.3 Å². The molecule has 2 N–H and O–H groups in total. The molecule has 0 saturated carbocycles. The van der Waals surface area contributed by atoms with Gasteiger partial charge in [-0.25, -0.2) is 0 Å². The maximum atomic E-state index is 13.5. The summed E-state index contributed by atoms with van der Waals surface area (Å²) in [6, 6.07) is 14.6. The van der Waals surface area contributed by atoms with Crippen LogP contribution in [0.2, 0.25) is 0 Å². The lowest BCUT2D eigenvalue weighted by Crippen LogP contribution is -2.36. The third-order valence-corrected chi connectivity index (χ3v) is 6.09. The first-order valence-electron chi connectivity index (χ1n) is 11.2. The van der Waals surface area contributed by atoms with Crippen molar-refractivity contribution in [3.63, 3.8) is 0 Å². The van der Waals surface area contributed by atoms with Gasteiger partial charge in [-0.3, -0.25) is 9.89 Å². The molecule has 2 aromatic carbocycles. The molecule has 2 aliphatic rings. The van der Waals surface area contributed by atoms with E-state index in [0.29, 0.717) is 30.1 Å². The van der Waals surface area contributed by atoms with Crippen molar-refractivity contribution in [1.82, 2.24) is 15.1 Å². The number of aromatic amines is 1. The number of benzene rings is 2.